The number of methoxy groups -OCH3 is 1. The van der Waals surface area contributed by atoms with Gasteiger partial charge >= 0.3 is 6.09 Å². The number of nitrogens with zero attached hydrogens (tertiary/aromatic N) is 2. The van der Waals surface area contributed by atoms with Crippen LogP contribution in [-0.4, -0.2) is 67.2 Å². The Morgan fingerprint density at radius 1 is 1.11 bits per heavy atom. The third kappa shape index (κ3) is 4.52. The lowest BCUT2D eigenvalue weighted by atomic mass is 10.1. The van der Waals surface area contributed by atoms with Gasteiger partial charge in [0.1, 0.15) is 0 Å². The molecular weight excluding hydrogens is 234 g/mol. The number of amides is 2. The standard InChI is InChI=1S/C12H23N3O3/c1-12(2,3)13-9-10(16)14-5-7-15(8-6-14)11(17)18-4/h13H,5-9H2,1-4H3. The number of ether oxygens (including phenoxy) is 1. The number of carbonyl (C=O) groups is 2. The van der Waals surface area contributed by atoms with E-state index in [0.29, 0.717) is 32.7 Å². The van der Waals surface area contributed by atoms with Gasteiger partial charge in [-0.2, -0.15) is 0 Å². The van der Waals surface area contributed by atoms with Gasteiger partial charge in [-0.15, -0.1) is 0 Å². The highest BCUT2D eigenvalue weighted by molar-refractivity contribution is 5.78. The zero-order valence-electron chi connectivity index (χ0n) is 11.7. The molecule has 104 valence electrons. The summed E-state index contributed by atoms with van der Waals surface area (Å²) in [6.07, 6.45) is -0.324. The maximum Gasteiger partial charge on any atom is 0.409 e. The van der Waals surface area contributed by atoms with E-state index in [1.54, 1.807) is 9.80 Å². The van der Waals surface area contributed by atoms with Crippen molar-refractivity contribution in [2.45, 2.75) is 26.3 Å². The van der Waals surface area contributed by atoms with Crippen molar-refractivity contribution in [1.82, 2.24) is 15.1 Å². The van der Waals surface area contributed by atoms with Gasteiger partial charge in [0.05, 0.1) is 13.7 Å². The third-order valence-electron chi connectivity index (χ3n) is 2.84. The highest BCUT2D eigenvalue weighted by Crippen LogP contribution is 2.04. The van der Waals surface area contributed by atoms with Gasteiger partial charge in [0.2, 0.25) is 5.91 Å². The average molecular weight is 257 g/mol. The fraction of sp³-hybridized carbons (Fsp3) is 0.833. The second kappa shape index (κ2) is 6.04. The van der Waals surface area contributed by atoms with Crippen LogP contribution in [0, 0.1) is 0 Å². The largest absolute Gasteiger partial charge is 0.453 e. The van der Waals surface area contributed by atoms with Gasteiger partial charge in [0.25, 0.3) is 0 Å². The van der Waals surface area contributed by atoms with Crippen LogP contribution in [-0.2, 0) is 9.53 Å². The summed E-state index contributed by atoms with van der Waals surface area (Å²) >= 11 is 0. The van der Waals surface area contributed by atoms with Gasteiger partial charge in [-0.3, -0.25) is 4.79 Å². The summed E-state index contributed by atoms with van der Waals surface area (Å²) in [7, 11) is 1.37. The summed E-state index contributed by atoms with van der Waals surface area (Å²) in [6.45, 7) is 8.61. The smallest absolute Gasteiger partial charge is 0.409 e. The fourth-order valence-electron chi connectivity index (χ4n) is 1.72. The minimum atomic E-state index is -0.324. The Balaban J connectivity index is 2.34. The van der Waals surface area contributed by atoms with Gasteiger partial charge in [-0.1, -0.05) is 0 Å². The summed E-state index contributed by atoms with van der Waals surface area (Å²) in [5, 5.41) is 3.17. The fourth-order valence-corrected chi connectivity index (χ4v) is 1.72. The first-order valence-corrected chi connectivity index (χ1v) is 6.19. The molecular formula is C12H23N3O3. The Labute approximate surface area is 108 Å². The molecule has 0 spiro atoms. The van der Waals surface area contributed by atoms with E-state index in [1.807, 2.05) is 20.8 Å². The summed E-state index contributed by atoms with van der Waals surface area (Å²) in [5.74, 6) is 0.0782. The number of hydrogen-bond acceptors (Lipinski definition) is 4. The molecule has 1 heterocycles. The summed E-state index contributed by atoms with van der Waals surface area (Å²) in [5.41, 5.74) is -0.0660. The van der Waals surface area contributed by atoms with E-state index in [1.165, 1.54) is 7.11 Å². The monoisotopic (exact) mass is 257 g/mol. The molecule has 1 aliphatic rings. The SMILES string of the molecule is COC(=O)N1CCN(C(=O)CNC(C)(C)C)CC1. The number of rotatable bonds is 2. The van der Waals surface area contributed by atoms with Crippen LogP contribution in [0.4, 0.5) is 4.79 Å². The third-order valence-corrected chi connectivity index (χ3v) is 2.84. The molecule has 1 N–H and O–H groups in total. The Hall–Kier alpha value is -1.30. The first kappa shape index (κ1) is 14.8. The van der Waals surface area contributed by atoms with Crippen molar-refractivity contribution in [3.63, 3.8) is 0 Å². The van der Waals surface area contributed by atoms with Crippen molar-refractivity contribution in [3.8, 4) is 0 Å². The molecule has 0 bridgehead atoms. The number of piperazine rings is 1. The van der Waals surface area contributed by atoms with Gasteiger partial charge in [0.15, 0.2) is 0 Å². The summed E-state index contributed by atoms with van der Waals surface area (Å²) in [6, 6.07) is 0. The zero-order valence-corrected chi connectivity index (χ0v) is 11.7. The maximum atomic E-state index is 11.9. The maximum absolute atomic E-state index is 11.9. The molecule has 1 aliphatic heterocycles. The van der Waals surface area contributed by atoms with E-state index >= 15 is 0 Å². The lowest BCUT2D eigenvalue weighted by Gasteiger charge is -2.34. The minimum Gasteiger partial charge on any atom is -0.453 e. The second-order valence-corrected chi connectivity index (χ2v) is 5.44. The molecule has 0 aromatic rings. The van der Waals surface area contributed by atoms with Crippen molar-refractivity contribution < 1.29 is 14.3 Å². The minimum absolute atomic E-state index is 0.0660. The molecule has 6 nitrogen and oxygen atoms in total. The lowest BCUT2D eigenvalue weighted by Crippen LogP contribution is -2.53. The van der Waals surface area contributed by atoms with Crippen molar-refractivity contribution in [2.24, 2.45) is 0 Å². The Bertz CT molecular complexity index is 304. The molecule has 0 aromatic carbocycles. The number of nitrogens with one attached hydrogen (secondary N) is 1. The molecule has 0 unspecified atom stereocenters. The summed E-state index contributed by atoms with van der Waals surface area (Å²) < 4.78 is 4.65. The zero-order chi connectivity index (χ0) is 13.8. The van der Waals surface area contributed by atoms with Gasteiger partial charge < -0.3 is 19.9 Å². The van der Waals surface area contributed by atoms with Gasteiger partial charge in [-0.05, 0) is 20.8 Å². The molecule has 1 saturated heterocycles. The predicted molar refractivity (Wildman–Crippen MR) is 68.3 cm³/mol. The molecule has 1 rings (SSSR count). The van der Waals surface area contributed by atoms with Crippen molar-refractivity contribution in [2.75, 3.05) is 39.8 Å². The van der Waals surface area contributed by atoms with E-state index in [0.717, 1.165) is 0 Å². The molecule has 0 aliphatic carbocycles. The van der Waals surface area contributed by atoms with Crippen LogP contribution >= 0.6 is 0 Å². The highest BCUT2D eigenvalue weighted by Gasteiger charge is 2.24. The second-order valence-electron chi connectivity index (χ2n) is 5.44. The first-order valence-electron chi connectivity index (χ1n) is 6.19. The van der Waals surface area contributed by atoms with Crippen LogP contribution in [0.3, 0.4) is 0 Å². The number of carbonyl (C=O) groups excluding carboxylic acids is 2. The van der Waals surface area contributed by atoms with E-state index in [-0.39, 0.29) is 17.5 Å². The Kier molecular flexibility index (Phi) is 4.95. The topological polar surface area (TPSA) is 61.9 Å². The summed E-state index contributed by atoms with van der Waals surface area (Å²) in [4.78, 5) is 26.6. The van der Waals surface area contributed by atoms with E-state index < -0.39 is 0 Å². The van der Waals surface area contributed by atoms with E-state index in [2.05, 4.69) is 10.1 Å². The first-order chi connectivity index (χ1) is 8.33. The molecule has 1 fully saturated rings. The number of hydrogen-bond donors (Lipinski definition) is 1. The van der Waals surface area contributed by atoms with Crippen molar-refractivity contribution >= 4 is 12.0 Å². The van der Waals surface area contributed by atoms with E-state index in [9.17, 15) is 9.59 Å². The van der Waals surface area contributed by atoms with Crippen LogP contribution < -0.4 is 5.32 Å². The molecule has 0 radical (unpaired) electrons. The van der Waals surface area contributed by atoms with E-state index in [4.69, 9.17) is 0 Å². The Morgan fingerprint density at radius 3 is 2.06 bits per heavy atom. The highest BCUT2D eigenvalue weighted by atomic mass is 16.5. The average Bonchev–Trinajstić information content (AvgIpc) is 2.34. The predicted octanol–water partition coefficient (Wildman–Crippen LogP) is 0.285. The van der Waals surface area contributed by atoms with Crippen LogP contribution in [0.25, 0.3) is 0 Å². The Morgan fingerprint density at radius 2 is 1.61 bits per heavy atom. The molecule has 6 heteroatoms. The van der Waals surface area contributed by atoms with Crippen LogP contribution in [0.1, 0.15) is 20.8 Å². The molecule has 2 amide bonds. The molecule has 0 aromatic heterocycles. The normalized spacial score (nSPS) is 16.7. The van der Waals surface area contributed by atoms with Crippen LogP contribution in [0.5, 0.6) is 0 Å². The lowest BCUT2D eigenvalue weighted by molar-refractivity contribution is -0.132. The van der Waals surface area contributed by atoms with Crippen LogP contribution in [0.2, 0.25) is 0 Å². The molecule has 0 saturated carbocycles. The quantitative estimate of drug-likeness (QED) is 0.772. The van der Waals surface area contributed by atoms with Gasteiger partial charge in [0, 0.05) is 31.7 Å². The van der Waals surface area contributed by atoms with Crippen LogP contribution in [0.15, 0.2) is 0 Å². The van der Waals surface area contributed by atoms with Crippen molar-refractivity contribution in [1.29, 1.82) is 0 Å². The van der Waals surface area contributed by atoms with Crippen molar-refractivity contribution in [3.05, 3.63) is 0 Å². The molecule has 18 heavy (non-hydrogen) atoms. The molecule has 0 atom stereocenters. The van der Waals surface area contributed by atoms with Gasteiger partial charge in [-0.25, -0.2) is 4.79 Å².